The maximum atomic E-state index is 13.4. The van der Waals surface area contributed by atoms with E-state index in [1.165, 1.54) is 12.3 Å². The number of sulfonamides is 1. The summed E-state index contributed by atoms with van der Waals surface area (Å²) in [6.45, 7) is 0. The zero-order valence-corrected chi connectivity index (χ0v) is 16.7. The Morgan fingerprint density at radius 3 is 2.45 bits per heavy atom. The highest BCUT2D eigenvalue weighted by Crippen LogP contribution is 2.47. The lowest BCUT2D eigenvalue weighted by molar-refractivity contribution is -0.0436. The smallest absolute Gasteiger partial charge is 0.254 e. The fourth-order valence-corrected chi connectivity index (χ4v) is 4.95. The van der Waals surface area contributed by atoms with E-state index in [4.69, 9.17) is 0 Å². The number of hydrogen-bond donors (Lipinski definition) is 0. The molecule has 0 fully saturated rings. The molecule has 1 atom stereocenters. The predicted molar refractivity (Wildman–Crippen MR) is 113 cm³/mol. The summed E-state index contributed by atoms with van der Waals surface area (Å²) in [4.78, 5) is 4.22. The second-order valence-corrected chi connectivity index (χ2v) is 9.02. The van der Waals surface area contributed by atoms with Crippen LogP contribution in [0, 0.1) is 0 Å². The molecule has 1 aromatic carbocycles. The average molecular weight is 440 g/mol. The SMILES string of the molecule is O=S(=O)(N1C=CC(c2ccc3cccccc2-3)c2ccc3cccnc3c21)C(F)(F)F. The standard InChI is InChI=1S/C23H15F3N2O2S/c24-23(25,26)31(29,30)28-14-12-19(18-10-8-15-5-2-1-3-7-17(15)18)20-11-9-16-6-4-13-27-21(16)22(20)28/h1-14,19H. The minimum atomic E-state index is -5.64. The summed E-state index contributed by atoms with van der Waals surface area (Å²) >= 11 is 0. The highest BCUT2D eigenvalue weighted by molar-refractivity contribution is 7.93. The lowest BCUT2D eigenvalue weighted by Crippen LogP contribution is -2.39. The summed E-state index contributed by atoms with van der Waals surface area (Å²) in [5.41, 5.74) is -2.07. The molecule has 5 rings (SSSR count). The lowest BCUT2D eigenvalue weighted by Gasteiger charge is -2.31. The highest BCUT2D eigenvalue weighted by Gasteiger charge is 2.51. The van der Waals surface area contributed by atoms with Gasteiger partial charge in [0.2, 0.25) is 0 Å². The van der Waals surface area contributed by atoms with Crippen LogP contribution in [0.3, 0.4) is 0 Å². The molecule has 3 aliphatic rings. The van der Waals surface area contributed by atoms with Gasteiger partial charge in [0.1, 0.15) is 0 Å². The molecule has 0 spiro atoms. The van der Waals surface area contributed by atoms with Crippen LogP contribution in [0.5, 0.6) is 0 Å². The summed E-state index contributed by atoms with van der Waals surface area (Å²) in [6.07, 6.45) is 3.92. The first-order valence-electron chi connectivity index (χ1n) is 9.43. The van der Waals surface area contributed by atoms with Crippen molar-refractivity contribution in [2.24, 2.45) is 0 Å². The fraction of sp³-hybridized carbons (Fsp3) is 0.0870. The maximum absolute atomic E-state index is 13.4. The summed E-state index contributed by atoms with van der Waals surface area (Å²) in [7, 11) is -5.64. The number of rotatable bonds is 2. The van der Waals surface area contributed by atoms with Gasteiger partial charge in [0.25, 0.3) is 0 Å². The van der Waals surface area contributed by atoms with E-state index in [-0.39, 0.29) is 11.2 Å². The Morgan fingerprint density at radius 2 is 1.65 bits per heavy atom. The van der Waals surface area contributed by atoms with Crippen LogP contribution >= 0.6 is 0 Å². The molecule has 0 bridgehead atoms. The van der Waals surface area contributed by atoms with Crippen LogP contribution in [0.15, 0.2) is 85.2 Å². The summed E-state index contributed by atoms with van der Waals surface area (Å²) in [6, 6.07) is 20.2. The number of halogens is 3. The first-order chi connectivity index (χ1) is 14.8. The van der Waals surface area contributed by atoms with Gasteiger partial charge in [-0.05, 0) is 28.3 Å². The molecule has 2 aliphatic carbocycles. The van der Waals surface area contributed by atoms with Crippen molar-refractivity contribution in [3.8, 4) is 11.1 Å². The Kier molecular flexibility index (Phi) is 4.30. The van der Waals surface area contributed by atoms with Gasteiger partial charge in [-0.2, -0.15) is 21.6 Å². The van der Waals surface area contributed by atoms with Gasteiger partial charge in [-0.15, -0.1) is 0 Å². The van der Waals surface area contributed by atoms with Crippen molar-refractivity contribution in [1.82, 2.24) is 4.98 Å². The van der Waals surface area contributed by atoms with E-state index in [2.05, 4.69) is 4.98 Å². The number of allylic oxidation sites excluding steroid dienone is 1. The van der Waals surface area contributed by atoms with Crippen molar-refractivity contribution >= 4 is 26.6 Å². The van der Waals surface area contributed by atoms with E-state index in [1.807, 2.05) is 42.5 Å². The number of aromatic nitrogens is 1. The fourth-order valence-electron chi connectivity index (χ4n) is 4.06. The molecule has 1 unspecified atom stereocenters. The zero-order valence-electron chi connectivity index (χ0n) is 15.9. The van der Waals surface area contributed by atoms with Gasteiger partial charge in [0, 0.05) is 23.7 Å². The minimum absolute atomic E-state index is 0.0717. The second kappa shape index (κ2) is 6.81. The molecule has 0 N–H and O–H groups in total. The molecule has 1 aliphatic heterocycles. The van der Waals surface area contributed by atoms with E-state index >= 15 is 0 Å². The van der Waals surface area contributed by atoms with Gasteiger partial charge >= 0.3 is 15.5 Å². The molecule has 31 heavy (non-hydrogen) atoms. The minimum Gasteiger partial charge on any atom is -0.254 e. The van der Waals surface area contributed by atoms with Gasteiger partial charge in [-0.3, -0.25) is 4.98 Å². The molecule has 2 aromatic rings. The molecule has 2 heterocycles. The largest absolute Gasteiger partial charge is 0.517 e. The number of hydrogen-bond acceptors (Lipinski definition) is 3. The molecule has 8 heteroatoms. The zero-order chi connectivity index (χ0) is 21.8. The predicted octanol–water partition coefficient (Wildman–Crippen LogP) is 5.65. The van der Waals surface area contributed by atoms with E-state index in [9.17, 15) is 21.6 Å². The summed E-state index contributed by atoms with van der Waals surface area (Å²) in [5.74, 6) is -0.430. The highest BCUT2D eigenvalue weighted by atomic mass is 32.2. The summed E-state index contributed by atoms with van der Waals surface area (Å²) < 4.78 is 65.4. The molecular weight excluding hydrogens is 425 g/mol. The van der Waals surface area contributed by atoms with Crippen molar-refractivity contribution in [2.75, 3.05) is 4.31 Å². The lowest BCUT2D eigenvalue weighted by atomic mass is 9.86. The van der Waals surface area contributed by atoms with Crippen LogP contribution in [0.25, 0.3) is 22.0 Å². The van der Waals surface area contributed by atoms with Gasteiger partial charge in [-0.1, -0.05) is 66.7 Å². The Hall–Kier alpha value is -3.39. The van der Waals surface area contributed by atoms with Crippen molar-refractivity contribution in [3.05, 3.63) is 96.3 Å². The second-order valence-electron chi connectivity index (χ2n) is 7.21. The van der Waals surface area contributed by atoms with Crippen LogP contribution in [0.4, 0.5) is 18.9 Å². The van der Waals surface area contributed by atoms with Gasteiger partial charge in [-0.25, -0.2) is 4.31 Å². The van der Waals surface area contributed by atoms with Gasteiger partial charge in [0.15, 0.2) is 0 Å². The number of anilines is 1. The molecule has 0 saturated carbocycles. The Balaban J connectivity index is 1.79. The van der Waals surface area contributed by atoms with Crippen molar-refractivity contribution in [1.29, 1.82) is 0 Å². The monoisotopic (exact) mass is 440 g/mol. The number of fused-ring (bicyclic) bond motifs is 4. The quantitative estimate of drug-likeness (QED) is 0.405. The molecular formula is C23H15F3N2O2S. The first-order valence-corrected chi connectivity index (χ1v) is 10.9. The molecule has 0 amide bonds. The number of pyridine rings is 1. The first kappa shape index (κ1) is 19.6. The third-order valence-corrected chi connectivity index (χ3v) is 6.87. The normalized spacial score (nSPS) is 16.6. The van der Waals surface area contributed by atoms with E-state index in [1.54, 1.807) is 24.3 Å². The van der Waals surface area contributed by atoms with Crippen LogP contribution in [-0.4, -0.2) is 18.9 Å². The van der Waals surface area contributed by atoms with Crippen LogP contribution in [0.1, 0.15) is 17.0 Å². The van der Waals surface area contributed by atoms with Gasteiger partial charge < -0.3 is 0 Å². The summed E-state index contributed by atoms with van der Waals surface area (Å²) in [5, 5.41) is 0.552. The average Bonchev–Trinajstić information content (AvgIpc) is 2.99. The third-order valence-electron chi connectivity index (χ3n) is 5.46. The Labute approximate surface area is 176 Å². The van der Waals surface area contributed by atoms with E-state index in [0.29, 0.717) is 15.3 Å². The molecule has 0 radical (unpaired) electrons. The number of benzene rings is 1. The Bertz CT molecular complexity index is 1410. The van der Waals surface area contributed by atoms with Crippen LogP contribution < -0.4 is 4.31 Å². The number of alkyl halides is 3. The van der Waals surface area contributed by atoms with Crippen LogP contribution in [0.2, 0.25) is 0 Å². The molecule has 0 saturated heterocycles. The topological polar surface area (TPSA) is 50.3 Å². The molecule has 156 valence electrons. The third kappa shape index (κ3) is 2.97. The maximum Gasteiger partial charge on any atom is 0.517 e. The molecule has 4 nitrogen and oxygen atoms in total. The van der Waals surface area contributed by atoms with Crippen LogP contribution in [-0.2, 0) is 10.0 Å². The van der Waals surface area contributed by atoms with Gasteiger partial charge in [0.05, 0.1) is 11.2 Å². The van der Waals surface area contributed by atoms with Crippen molar-refractivity contribution in [3.63, 3.8) is 0 Å². The van der Waals surface area contributed by atoms with E-state index in [0.717, 1.165) is 22.9 Å². The van der Waals surface area contributed by atoms with E-state index < -0.39 is 21.4 Å². The van der Waals surface area contributed by atoms with Crippen molar-refractivity contribution in [2.45, 2.75) is 11.4 Å². The molecule has 1 aromatic heterocycles. The van der Waals surface area contributed by atoms with Crippen molar-refractivity contribution < 1.29 is 21.6 Å². The Morgan fingerprint density at radius 1 is 0.871 bits per heavy atom. The number of nitrogens with zero attached hydrogens (tertiary/aromatic N) is 2.